The number of ether oxygens (including phenoxy) is 1. The molecule has 3 aromatic carbocycles. The standard InChI is InChI=1S/C22H16F3IN2O2/c1-30-15-6-4-5-14(12-15)28-20(16-7-2-3-8-18(16)22(23,24)25)27-19-10-9-13(26)11-17(19)21(28)29/h2-12,20,27H,1H3. The molecule has 30 heavy (non-hydrogen) atoms. The fourth-order valence-corrected chi connectivity index (χ4v) is 4.01. The quantitative estimate of drug-likeness (QED) is 0.422. The van der Waals surface area contributed by atoms with Crippen LogP contribution >= 0.6 is 22.6 Å². The fraction of sp³-hybridized carbons (Fsp3) is 0.136. The summed E-state index contributed by atoms with van der Waals surface area (Å²) in [6, 6.07) is 17.2. The van der Waals surface area contributed by atoms with Crippen LogP contribution in [0.1, 0.15) is 27.7 Å². The minimum absolute atomic E-state index is 0.0367. The zero-order valence-corrected chi connectivity index (χ0v) is 17.9. The molecule has 1 amide bonds. The van der Waals surface area contributed by atoms with Crippen molar-refractivity contribution in [3.8, 4) is 5.75 Å². The predicted molar refractivity (Wildman–Crippen MR) is 117 cm³/mol. The van der Waals surface area contributed by atoms with Crippen molar-refractivity contribution in [2.24, 2.45) is 0 Å². The molecule has 1 N–H and O–H groups in total. The topological polar surface area (TPSA) is 41.6 Å². The first-order chi connectivity index (χ1) is 14.3. The first-order valence-corrected chi connectivity index (χ1v) is 10.1. The molecule has 4 nitrogen and oxygen atoms in total. The van der Waals surface area contributed by atoms with Crippen molar-refractivity contribution in [2.45, 2.75) is 12.3 Å². The second-order valence-corrected chi connectivity index (χ2v) is 7.94. The number of rotatable bonds is 3. The third-order valence-corrected chi connectivity index (χ3v) is 5.54. The van der Waals surface area contributed by atoms with Crippen molar-refractivity contribution in [3.63, 3.8) is 0 Å². The van der Waals surface area contributed by atoms with Crippen molar-refractivity contribution >= 4 is 39.9 Å². The van der Waals surface area contributed by atoms with Gasteiger partial charge in [0.1, 0.15) is 11.9 Å². The van der Waals surface area contributed by atoms with Crippen molar-refractivity contribution < 1.29 is 22.7 Å². The molecule has 3 aromatic rings. The lowest BCUT2D eigenvalue weighted by atomic mass is 9.98. The highest BCUT2D eigenvalue weighted by atomic mass is 127. The Kier molecular flexibility index (Phi) is 5.35. The number of halogens is 4. The van der Waals surface area contributed by atoms with Gasteiger partial charge in [-0.15, -0.1) is 0 Å². The van der Waals surface area contributed by atoms with E-state index in [0.29, 0.717) is 22.7 Å². The van der Waals surface area contributed by atoms with E-state index in [-0.39, 0.29) is 5.56 Å². The van der Waals surface area contributed by atoms with Crippen LogP contribution in [0.3, 0.4) is 0 Å². The van der Waals surface area contributed by atoms with E-state index in [1.807, 2.05) is 0 Å². The average Bonchev–Trinajstić information content (AvgIpc) is 2.73. The van der Waals surface area contributed by atoms with E-state index < -0.39 is 23.8 Å². The minimum Gasteiger partial charge on any atom is -0.497 e. The smallest absolute Gasteiger partial charge is 0.416 e. The Hall–Kier alpha value is -2.75. The van der Waals surface area contributed by atoms with E-state index in [1.54, 1.807) is 42.5 Å². The molecule has 0 saturated carbocycles. The van der Waals surface area contributed by atoms with Crippen LogP contribution in [0, 0.1) is 3.57 Å². The van der Waals surface area contributed by atoms with Gasteiger partial charge in [-0.2, -0.15) is 13.2 Å². The summed E-state index contributed by atoms with van der Waals surface area (Å²) in [6.07, 6.45) is -5.61. The molecule has 1 atom stereocenters. The largest absolute Gasteiger partial charge is 0.497 e. The number of hydrogen-bond acceptors (Lipinski definition) is 3. The number of methoxy groups -OCH3 is 1. The molecule has 0 spiro atoms. The average molecular weight is 524 g/mol. The molecule has 0 aliphatic carbocycles. The number of alkyl halides is 3. The van der Waals surface area contributed by atoms with Crippen LogP contribution < -0.4 is 15.0 Å². The molecule has 0 aromatic heterocycles. The molecule has 0 bridgehead atoms. The van der Waals surface area contributed by atoms with Crippen molar-refractivity contribution in [3.05, 3.63) is 87.0 Å². The molecule has 0 saturated heterocycles. The summed E-state index contributed by atoms with van der Waals surface area (Å²) in [6.45, 7) is 0. The van der Waals surface area contributed by atoms with E-state index >= 15 is 0 Å². The summed E-state index contributed by atoms with van der Waals surface area (Å²) in [5.74, 6) is 0.106. The van der Waals surface area contributed by atoms with Crippen LogP contribution in [-0.4, -0.2) is 13.0 Å². The first kappa shape index (κ1) is 20.5. The summed E-state index contributed by atoms with van der Waals surface area (Å²) in [4.78, 5) is 14.8. The Labute approximate surface area is 184 Å². The monoisotopic (exact) mass is 524 g/mol. The summed E-state index contributed by atoms with van der Waals surface area (Å²) in [5, 5.41) is 3.13. The van der Waals surface area contributed by atoms with Gasteiger partial charge in [-0.25, -0.2) is 0 Å². The lowest BCUT2D eigenvalue weighted by Crippen LogP contribution is -2.44. The lowest BCUT2D eigenvalue weighted by Gasteiger charge is -2.39. The zero-order valence-electron chi connectivity index (χ0n) is 15.7. The van der Waals surface area contributed by atoms with Crippen molar-refractivity contribution in [1.82, 2.24) is 0 Å². The molecule has 0 radical (unpaired) electrons. The zero-order chi connectivity index (χ0) is 21.5. The number of amides is 1. The maximum Gasteiger partial charge on any atom is 0.416 e. The Balaban J connectivity index is 1.93. The molecular formula is C22H16F3IN2O2. The van der Waals surface area contributed by atoms with Crippen LogP contribution in [-0.2, 0) is 6.18 Å². The van der Waals surface area contributed by atoms with E-state index in [1.165, 1.54) is 30.2 Å². The SMILES string of the molecule is COc1cccc(N2C(=O)c3cc(I)ccc3NC2c2ccccc2C(F)(F)F)c1. The lowest BCUT2D eigenvalue weighted by molar-refractivity contribution is -0.138. The molecule has 1 unspecified atom stereocenters. The highest BCUT2D eigenvalue weighted by Crippen LogP contribution is 2.42. The van der Waals surface area contributed by atoms with Gasteiger partial charge in [-0.05, 0) is 59.0 Å². The van der Waals surface area contributed by atoms with Gasteiger partial charge in [-0.1, -0.05) is 24.3 Å². The number of carbonyl (C=O) groups excluding carboxylic acids is 1. The number of hydrogen-bond donors (Lipinski definition) is 1. The second-order valence-electron chi connectivity index (χ2n) is 6.70. The maximum atomic E-state index is 13.7. The fourth-order valence-electron chi connectivity index (χ4n) is 3.52. The Morgan fingerprint density at radius 3 is 2.53 bits per heavy atom. The van der Waals surface area contributed by atoms with E-state index in [9.17, 15) is 18.0 Å². The van der Waals surface area contributed by atoms with Gasteiger partial charge in [0.25, 0.3) is 5.91 Å². The van der Waals surface area contributed by atoms with Gasteiger partial charge >= 0.3 is 6.18 Å². The van der Waals surface area contributed by atoms with E-state index in [4.69, 9.17) is 4.74 Å². The predicted octanol–water partition coefficient (Wildman–Crippen LogP) is 6.09. The molecule has 8 heteroatoms. The van der Waals surface area contributed by atoms with Crippen LogP contribution in [0.4, 0.5) is 24.5 Å². The van der Waals surface area contributed by atoms with Gasteiger partial charge in [0.05, 0.1) is 23.9 Å². The second kappa shape index (κ2) is 7.82. The van der Waals surface area contributed by atoms with Gasteiger partial charge < -0.3 is 10.1 Å². The Morgan fingerprint density at radius 2 is 1.80 bits per heavy atom. The summed E-state index contributed by atoms with van der Waals surface area (Å²) in [5.41, 5.74) is 0.480. The third-order valence-electron chi connectivity index (χ3n) is 4.87. The number of nitrogens with one attached hydrogen (secondary N) is 1. The number of benzene rings is 3. The van der Waals surface area contributed by atoms with Gasteiger partial charge in [0.15, 0.2) is 0 Å². The van der Waals surface area contributed by atoms with Crippen LogP contribution in [0.2, 0.25) is 0 Å². The number of carbonyl (C=O) groups is 1. The molecule has 154 valence electrons. The Bertz CT molecular complexity index is 1120. The molecule has 0 fully saturated rings. The van der Waals surface area contributed by atoms with E-state index in [0.717, 1.165) is 9.64 Å². The summed E-state index contributed by atoms with van der Waals surface area (Å²) in [7, 11) is 1.49. The third kappa shape index (κ3) is 3.71. The number of anilines is 2. The normalized spacial score (nSPS) is 16.1. The Morgan fingerprint density at radius 1 is 1.03 bits per heavy atom. The first-order valence-electron chi connectivity index (χ1n) is 8.99. The minimum atomic E-state index is -4.56. The number of fused-ring (bicyclic) bond motifs is 1. The highest BCUT2D eigenvalue weighted by Gasteiger charge is 2.40. The number of nitrogens with zero attached hydrogens (tertiary/aromatic N) is 1. The van der Waals surface area contributed by atoms with Crippen LogP contribution in [0.15, 0.2) is 66.7 Å². The molecule has 1 aliphatic rings. The molecule has 1 heterocycles. The van der Waals surface area contributed by atoms with Gasteiger partial charge in [-0.3, -0.25) is 9.69 Å². The van der Waals surface area contributed by atoms with Crippen molar-refractivity contribution in [2.75, 3.05) is 17.3 Å². The van der Waals surface area contributed by atoms with Crippen LogP contribution in [0.5, 0.6) is 5.75 Å². The summed E-state index contributed by atoms with van der Waals surface area (Å²) < 4.78 is 47.3. The van der Waals surface area contributed by atoms with Gasteiger partial charge in [0, 0.05) is 20.9 Å². The molecular weight excluding hydrogens is 508 g/mol. The maximum absolute atomic E-state index is 13.7. The summed E-state index contributed by atoms with van der Waals surface area (Å²) >= 11 is 2.09. The van der Waals surface area contributed by atoms with Crippen LogP contribution in [0.25, 0.3) is 0 Å². The van der Waals surface area contributed by atoms with Crippen molar-refractivity contribution in [1.29, 1.82) is 0 Å². The highest BCUT2D eigenvalue weighted by molar-refractivity contribution is 14.1. The molecule has 4 rings (SSSR count). The van der Waals surface area contributed by atoms with E-state index in [2.05, 4.69) is 27.9 Å². The molecule has 1 aliphatic heterocycles. The van der Waals surface area contributed by atoms with Gasteiger partial charge in [0.2, 0.25) is 0 Å².